The molecule has 2 heterocycles. The van der Waals surface area contributed by atoms with Gasteiger partial charge in [0.05, 0.1) is 6.26 Å². The fourth-order valence-corrected chi connectivity index (χ4v) is 2.08. The second-order valence-corrected chi connectivity index (χ2v) is 3.91. The topological polar surface area (TPSA) is 55.8 Å². The van der Waals surface area contributed by atoms with Crippen LogP contribution in [-0.2, 0) is 14.3 Å². The first kappa shape index (κ1) is 9.96. The molecular weight excluding hydrogens is 220 g/mol. The summed E-state index contributed by atoms with van der Waals surface area (Å²) in [6, 6.07) is 0. The molecule has 2 aliphatic heterocycles. The van der Waals surface area contributed by atoms with Gasteiger partial charge in [-0.2, -0.15) is 0 Å². The van der Waals surface area contributed by atoms with Crippen molar-refractivity contribution in [2.24, 2.45) is 0 Å². The van der Waals surface area contributed by atoms with Crippen molar-refractivity contribution in [3.05, 3.63) is 59.3 Å². The van der Waals surface area contributed by atoms with Crippen LogP contribution in [-0.4, -0.2) is 17.2 Å². The number of allylic oxidation sites excluding steroid dienone is 4. The smallest absolute Gasteiger partial charge is 0.371 e. The number of carbonyl (C=O) groups is 1. The van der Waals surface area contributed by atoms with Crippen molar-refractivity contribution >= 4 is 5.97 Å². The van der Waals surface area contributed by atoms with Gasteiger partial charge in [-0.1, -0.05) is 12.2 Å². The van der Waals surface area contributed by atoms with Crippen molar-refractivity contribution in [3.63, 3.8) is 0 Å². The largest absolute Gasteiger partial charge is 0.489 e. The standard InChI is InChI=1S/C13H10O4/c14-13(15)11-6-4-9-10(17-11)5-3-8-2-1-7-16-12(8)9/h1-3,5-7,12H,4H2,(H,14,15). The molecule has 0 radical (unpaired) electrons. The van der Waals surface area contributed by atoms with Crippen LogP contribution in [0, 0.1) is 0 Å². The number of aliphatic carboxylic acids is 1. The van der Waals surface area contributed by atoms with E-state index in [-0.39, 0.29) is 11.9 Å². The van der Waals surface area contributed by atoms with Crippen molar-refractivity contribution in [1.82, 2.24) is 0 Å². The van der Waals surface area contributed by atoms with Gasteiger partial charge in [0, 0.05) is 5.57 Å². The van der Waals surface area contributed by atoms with Gasteiger partial charge in [-0.15, -0.1) is 0 Å². The van der Waals surface area contributed by atoms with E-state index >= 15 is 0 Å². The molecule has 1 unspecified atom stereocenters. The number of hydrogen-bond donors (Lipinski definition) is 1. The summed E-state index contributed by atoms with van der Waals surface area (Å²) in [5.74, 6) is -0.481. The monoisotopic (exact) mass is 230 g/mol. The number of carboxylic acids is 1. The maximum absolute atomic E-state index is 10.8. The molecule has 0 bridgehead atoms. The summed E-state index contributed by atoms with van der Waals surface area (Å²) in [7, 11) is 0. The van der Waals surface area contributed by atoms with Gasteiger partial charge in [-0.25, -0.2) is 4.79 Å². The zero-order valence-corrected chi connectivity index (χ0v) is 8.92. The van der Waals surface area contributed by atoms with E-state index in [2.05, 4.69) is 0 Å². The molecule has 0 aromatic carbocycles. The molecule has 0 fully saturated rings. The third-order valence-corrected chi connectivity index (χ3v) is 2.88. The highest BCUT2D eigenvalue weighted by atomic mass is 16.5. The average Bonchev–Trinajstić information content (AvgIpc) is 2.38. The fourth-order valence-electron chi connectivity index (χ4n) is 2.08. The zero-order valence-electron chi connectivity index (χ0n) is 8.92. The van der Waals surface area contributed by atoms with E-state index in [1.54, 1.807) is 18.4 Å². The predicted molar refractivity (Wildman–Crippen MR) is 59.7 cm³/mol. The van der Waals surface area contributed by atoms with Crippen LogP contribution >= 0.6 is 0 Å². The summed E-state index contributed by atoms with van der Waals surface area (Å²) in [5, 5.41) is 8.87. The van der Waals surface area contributed by atoms with Gasteiger partial charge in [0.2, 0.25) is 5.76 Å². The van der Waals surface area contributed by atoms with Crippen LogP contribution in [0.15, 0.2) is 59.3 Å². The van der Waals surface area contributed by atoms with E-state index in [9.17, 15) is 4.79 Å². The van der Waals surface area contributed by atoms with Crippen LogP contribution in [0.4, 0.5) is 0 Å². The second kappa shape index (κ2) is 3.66. The first-order chi connectivity index (χ1) is 8.25. The molecule has 0 saturated heterocycles. The minimum Gasteiger partial charge on any atom is -0.489 e. The third kappa shape index (κ3) is 1.58. The number of hydrogen-bond acceptors (Lipinski definition) is 3. The summed E-state index contributed by atoms with van der Waals surface area (Å²) < 4.78 is 10.9. The average molecular weight is 230 g/mol. The summed E-state index contributed by atoms with van der Waals surface area (Å²) in [5.41, 5.74) is 2.02. The number of ether oxygens (including phenoxy) is 2. The Morgan fingerprint density at radius 2 is 2.29 bits per heavy atom. The lowest BCUT2D eigenvalue weighted by Gasteiger charge is -2.29. The normalized spacial score (nSPS) is 25.1. The van der Waals surface area contributed by atoms with Gasteiger partial charge in [0.15, 0.2) is 0 Å². The number of carboxylic acid groups (broad SMARTS) is 1. The first-order valence-corrected chi connectivity index (χ1v) is 5.30. The quantitative estimate of drug-likeness (QED) is 0.748. The molecule has 17 heavy (non-hydrogen) atoms. The number of fused-ring (bicyclic) bond motifs is 2. The Morgan fingerprint density at radius 1 is 1.41 bits per heavy atom. The predicted octanol–water partition coefficient (Wildman–Crippen LogP) is 2.04. The Balaban J connectivity index is 1.92. The molecule has 0 aromatic heterocycles. The highest BCUT2D eigenvalue weighted by Crippen LogP contribution is 2.35. The second-order valence-electron chi connectivity index (χ2n) is 3.91. The molecule has 0 amide bonds. The van der Waals surface area contributed by atoms with E-state index in [0.717, 1.165) is 11.1 Å². The molecular formula is C13H10O4. The molecule has 1 atom stereocenters. The molecule has 1 N–H and O–H groups in total. The van der Waals surface area contributed by atoms with Crippen LogP contribution < -0.4 is 0 Å². The lowest BCUT2D eigenvalue weighted by molar-refractivity contribution is -0.136. The van der Waals surface area contributed by atoms with Gasteiger partial charge in [0.25, 0.3) is 0 Å². The van der Waals surface area contributed by atoms with Crippen molar-refractivity contribution in [2.75, 3.05) is 0 Å². The Kier molecular flexibility index (Phi) is 2.14. The van der Waals surface area contributed by atoms with Crippen molar-refractivity contribution in [3.8, 4) is 0 Å². The third-order valence-electron chi connectivity index (χ3n) is 2.88. The zero-order chi connectivity index (χ0) is 11.8. The van der Waals surface area contributed by atoms with E-state index in [4.69, 9.17) is 14.6 Å². The van der Waals surface area contributed by atoms with Crippen LogP contribution in [0.1, 0.15) is 6.42 Å². The Morgan fingerprint density at radius 3 is 3.12 bits per heavy atom. The highest BCUT2D eigenvalue weighted by molar-refractivity contribution is 5.85. The SMILES string of the molecule is O=C(O)C1=CCC2=C(C=CC3=CC=COC32)O1. The van der Waals surface area contributed by atoms with Gasteiger partial charge in [-0.05, 0) is 30.2 Å². The molecule has 86 valence electrons. The molecule has 0 saturated carbocycles. The molecule has 0 spiro atoms. The maximum Gasteiger partial charge on any atom is 0.371 e. The molecule has 4 heteroatoms. The summed E-state index contributed by atoms with van der Waals surface area (Å²) in [6.45, 7) is 0. The highest BCUT2D eigenvalue weighted by Gasteiger charge is 2.30. The lowest BCUT2D eigenvalue weighted by Crippen LogP contribution is -2.24. The Bertz CT molecular complexity index is 532. The minimum absolute atomic E-state index is 0.0211. The van der Waals surface area contributed by atoms with Crippen LogP contribution in [0.2, 0.25) is 0 Å². The van der Waals surface area contributed by atoms with Gasteiger partial charge in [-0.3, -0.25) is 0 Å². The van der Waals surface area contributed by atoms with E-state index in [0.29, 0.717) is 12.2 Å². The van der Waals surface area contributed by atoms with Crippen LogP contribution in [0.25, 0.3) is 0 Å². The van der Waals surface area contributed by atoms with Crippen molar-refractivity contribution in [2.45, 2.75) is 12.5 Å². The van der Waals surface area contributed by atoms with Crippen LogP contribution in [0.5, 0.6) is 0 Å². The van der Waals surface area contributed by atoms with E-state index in [1.807, 2.05) is 18.2 Å². The number of rotatable bonds is 1. The van der Waals surface area contributed by atoms with Crippen LogP contribution in [0.3, 0.4) is 0 Å². The fraction of sp³-hybridized carbons (Fsp3) is 0.154. The first-order valence-electron chi connectivity index (χ1n) is 5.30. The summed E-state index contributed by atoms with van der Waals surface area (Å²) >= 11 is 0. The molecule has 1 aliphatic carbocycles. The van der Waals surface area contributed by atoms with Gasteiger partial charge in [0.1, 0.15) is 11.9 Å². The summed E-state index contributed by atoms with van der Waals surface area (Å²) in [4.78, 5) is 10.8. The molecule has 0 aromatic rings. The maximum atomic E-state index is 10.8. The summed E-state index contributed by atoms with van der Waals surface area (Å²) in [6.07, 6.45) is 11.1. The van der Waals surface area contributed by atoms with E-state index in [1.165, 1.54) is 0 Å². The van der Waals surface area contributed by atoms with Gasteiger partial charge >= 0.3 is 5.97 Å². The molecule has 3 aliphatic rings. The molecule has 4 nitrogen and oxygen atoms in total. The van der Waals surface area contributed by atoms with Crippen molar-refractivity contribution < 1.29 is 19.4 Å². The van der Waals surface area contributed by atoms with Crippen molar-refractivity contribution in [1.29, 1.82) is 0 Å². The lowest BCUT2D eigenvalue weighted by atomic mass is 9.90. The molecule has 3 rings (SSSR count). The Labute approximate surface area is 97.8 Å². The van der Waals surface area contributed by atoms with E-state index < -0.39 is 5.97 Å². The minimum atomic E-state index is -1.05. The van der Waals surface area contributed by atoms with Gasteiger partial charge < -0.3 is 14.6 Å². The Hall–Kier alpha value is -2.23.